The molecule has 0 saturated heterocycles. The summed E-state index contributed by atoms with van der Waals surface area (Å²) in [6, 6.07) is 10.1. The molecule has 1 aromatic heterocycles. The van der Waals surface area contributed by atoms with Gasteiger partial charge < -0.3 is 19.6 Å². The SMILES string of the molecule is Cc1coc([C@H](CC(=O)O)NC(=O)OCc2ccccc2)c1. The van der Waals surface area contributed by atoms with Crippen LogP contribution < -0.4 is 5.32 Å². The standard InChI is InChI=1S/C16H17NO5/c1-11-7-14(21-9-11)13(8-15(18)19)17-16(20)22-10-12-5-3-2-4-6-12/h2-7,9,13H,8,10H2,1H3,(H,17,20)(H,18,19)/t13-/m0/s1. The maximum Gasteiger partial charge on any atom is 0.408 e. The number of carbonyl (C=O) groups is 2. The van der Waals surface area contributed by atoms with Crippen molar-refractivity contribution in [1.29, 1.82) is 0 Å². The van der Waals surface area contributed by atoms with Crippen LogP contribution in [0.1, 0.15) is 29.3 Å². The van der Waals surface area contributed by atoms with E-state index in [9.17, 15) is 9.59 Å². The summed E-state index contributed by atoms with van der Waals surface area (Å²) in [6.45, 7) is 1.93. The van der Waals surface area contributed by atoms with Crippen molar-refractivity contribution in [3.05, 3.63) is 59.5 Å². The quantitative estimate of drug-likeness (QED) is 0.856. The van der Waals surface area contributed by atoms with Crippen LogP contribution in [0.4, 0.5) is 4.79 Å². The van der Waals surface area contributed by atoms with Gasteiger partial charge in [0.2, 0.25) is 0 Å². The smallest absolute Gasteiger partial charge is 0.408 e. The zero-order valence-corrected chi connectivity index (χ0v) is 12.1. The molecule has 0 aliphatic carbocycles. The molecule has 1 aromatic carbocycles. The van der Waals surface area contributed by atoms with Gasteiger partial charge in [0.1, 0.15) is 18.4 Å². The van der Waals surface area contributed by atoms with Crippen molar-refractivity contribution >= 4 is 12.1 Å². The minimum Gasteiger partial charge on any atom is -0.481 e. The van der Waals surface area contributed by atoms with Crippen molar-refractivity contribution in [2.75, 3.05) is 0 Å². The average molecular weight is 303 g/mol. The van der Waals surface area contributed by atoms with E-state index in [0.29, 0.717) is 5.76 Å². The number of carbonyl (C=O) groups excluding carboxylic acids is 1. The Morgan fingerprint density at radius 3 is 2.64 bits per heavy atom. The Hall–Kier alpha value is -2.76. The number of ether oxygens (including phenoxy) is 1. The first-order valence-corrected chi connectivity index (χ1v) is 6.78. The van der Waals surface area contributed by atoms with E-state index < -0.39 is 18.1 Å². The number of furan rings is 1. The van der Waals surface area contributed by atoms with Crippen LogP contribution in [0.15, 0.2) is 47.1 Å². The van der Waals surface area contributed by atoms with Gasteiger partial charge in [-0.25, -0.2) is 4.79 Å². The van der Waals surface area contributed by atoms with E-state index >= 15 is 0 Å². The Balaban J connectivity index is 1.94. The number of carboxylic acids is 1. The molecule has 2 N–H and O–H groups in total. The molecule has 6 heteroatoms. The highest BCUT2D eigenvalue weighted by molar-refractivity contribution is 5.71. The average Bonchev–Trinajstić information content (AvgIpc) is 2.92. The van der Waals surface area contributed by atoms with Gasteiger partial charge in [-0.15, -0.1) is 0 Å². The number of hydrogen-bond donors (Lipinski definition) is 2. The summed E-state index contributed by atoms with van der Waals surface area (Å²) >= 11 is 0. The van der Waals surface area contributed by atoms with Crippen LogP contribution in [0.25, 0.3) is 0 Å². The number of aliphatic carboxylic acids is 1. The van der Waals surface area contributed by atoms with Crippen LogP contribution in [0.2, 0.25) is 0 Å². The molecule has 0 saturated carbocycles. The fourth-order valence-corrected chi connectivity index (χ4v) is 1.94. The minimum atomic E-state index is -1.04. The van der Waals surface area contributed by atoms with E-state index in [1.165, 1.54) is 6.26 Å². The highest BCUT2D eigenvalue weighted by Crippen LogP contribution is 2.19. The number of nitrogens with one attached hydrogen (secondary N) is 1. The number of aryl methyl sites for hydroxylation is 1. The Labute approximate surface area is 127 Å². The summed E-state index contributed by atoms with van der Waals surface area (Å²) in [5.41, 5.74) is 1.70. The third kappa shape index (κ3) is 4.66. The van der Waals surface area contributed by atoms with Crippen LogP contribution >= 0.6 is 0 Å². The third-order valence-electron chi connectivity index (χ3n) is 2.98. The molecule has 1 amide bonds. The molecule has 1 heterocycles. The number of amides is 1. The Morgan fingerprint density at radius 2 is 2.05 bits per heavy atom. The van der Waals surface area contributed by atoms with Crippen LogP contribution in [-0.4, -0.2) is 17.2 Å². The Bertz CT molecular complexity index is 635. The molecule has 2 aromatic rings. The van der Waals surface area contributed by atoms with Crippen molar-refractivity contribution in [1.82, 2.24) is 5.32 Å². The van der Waals surface area contributed by atoms with Crippen LogP contribution in [0, 0.1) is 6.92 Å². The second-order valence-electron chi connectivity index (χ2n) is 4.88. The van der Waals surface area contributed by atoms with E-state index in [4.69, 9.17) is 14.3 Å². The molecule has 1 atom stereocenters. The molecule has 0 unspecified atom stereocenters. The third-order valence-corrected chi connectivity index (χ3v) is 2.98. The lowest BCUT2D eigenvalue weighted by Crippen LogP contribution is -2.30. The van der Waals surface area contributed by atoms with Gasteiger partial charge in [-0.1, -0.05) is 30.3 Å². The summed E-state index contributed by atoms with van der Waals surface area (Å²) in [4.78, 5) is 22.7. The number of benzene rings is 1. The number of rotatable bonds is 6. The predicted octanol–water partition coefficient (Wildman–Crippen LogP) is 3.03. The molecular weight excluding hydrogens is 286 g/mol. The molecule has 116 valence electrons. The van der Waals surface area contributed by atoms with Crippen LogP contribution in [0.3, 0.4) is 0 Å². The first kappa shape index (κ1) is 15.6. The zero-order chi connectivity index (χ0) is 15.9. The van der Waals surface area contributed by atoms with Crippen molar-refractivity contribution in [2.45, 2.75) is 26.0 Å². The second-order valence-corrected chi connectivity index (χ2v) is 4.88. The Morgan fingerprint density at radius 1 is 1.32 bits per heavy atom. The molecule has 0 bridgehead atoms. The van der Waals surface area contributed by atoms with Gasteiger partial charge >= 0.3 is 12.1 Å². The molecular formula is C16H17NO5. The van der Waals surface area contributed by atoms with Gasteiger partial charge in [0.15, 0.2) is 0 Å². The number of hydrogen-bond acceptors (Lipinski definition) is 4. The highest BCUT2D eigenvalue weighted by Gasteiger charge is 2.21. The lowest BCUT2D eigenvalue weighted by molar-refractivity contribution is -0.137. The van der Waals surface area contributed by atoms with Gasteiger partial charge in [-0.2, -0.15) is 0 Å². The van der Waals surface area contributed by atoms with Crippen molar-refractivity contribution in [3.8, 4) is 0 Å². The normalized spacial score (nSPS) is 11.7. The summed E-state index contributed by atoms with van der Waals surface area (Å²) in [5, 5.41) is 11.5. The van der Waals surface area contributed by atoms with E-state index in [-0.39, 0.29) is 13.0 Å². The molecule has 0 radical (unpaired) electrons. The minimum absolute atomic E-state index is 0.115. The van der Waals surface area contributed by atoms with Gasteiger partial charge in [0, 0.05) is 0 Å². The van der Waals surface area contributed by atoms with Gasteiger partial charge in [-0.05, 0) is 24.1 Å². The fraction of sp³-hybridized carbons (Fsp3) is 0.250. The summed E-state index contributed by atoms with van der Waals surface area (Å²) in [7, 11) is 0. The first-order valence-electron chi connectivity index (χ1n) is 6.78. The molecule has 0 aliphatic heterocycles. The number of alkyl carbamates (subject to hydrolysis) is 1. The maximum atomic E-state index is 11.8. The highest BCUT2D eigenvalue weighted by atomic mass is 16.5. The topological polar surface area (TPSA) is 88.8 Å². The van der Waals surface area contributed by atoms with Gasteiger partial charge in [0.25, 0.3) is 0 Å². The van der Waals surface area contributed by atoms with Crippen LogP contribution in [0.5, 0.6) is 0 Å². The lowest BCUT2D eigenvalue weighted by atomic mass is 10.1. The molecule has 6 nitrogen and oxygen atoms in total. The van der Waals surface area contributed by atoms with Crippen molar-refractivity contribution in [3.63, 3.8) is 0 Å². The first-order chi connectivity index (χ1) is 10.5. The fourth-order valence-electron chi connectivity index (χ4n) is 1.94. The largest absolute Gasteiger partial charge is 0.481 e. The van der Waals surface area contributed by atoms with Crippen LogP contribution in [-0.2, 0) is 16.1 Å². The second kappa shape index (κ2) is 7.31. The predicted molar refractivity (Wildman–Crippen MR) is 78.2 cm³/mol. The summed E-state index contributed by atoms with van der Waals surface area (Å²) in [5.74, 6) is -0.654. The Kier molecular flexibility index (Phi) is 5.19. The van der Waals surface area contributed by atoms with Crippen molar-refractivity contribution in [2.24, 2.45) is 0 Å². The van der Waals surface area contributed by atoms with E-state index in [1.807, 2.05) is 37.3 Å². The van der Waals surface area contributed by atoms with E-state index in [0.717, 1.165) is 11.1 Å². The zero-order valence-electron chi connectivity index (χ0n) is 12.1. The summed E-state index contributed by atoms with van der Waals surface area (Å²) in [6.07, 6.45) is 0.526. The monoisotopic (exact) mass is 303 g/mol. The molecule has 0 spiro atoms. The number of carboxylic acid groups (broad SMARTS) is 1. The van der Waals surface area contributed by atoms with Gasteiger partial charge in [0.05, 0.1) is 12.7 Å². The van der Waals surface area contributed by atoms with Crippen molar-refractivity contribution < 1.29 is 23.8 Å². The molecule has 0 fully saturated rings. The maximum absolute atomic E-state index is 11.8. The summed E-state index contributed by atoms with van der Waals surface area (Å²) < 4.78 is 10.3. The van der Waals surface area contributed by atoms with E-state index in [1.54, 1.807) is 6.07 Å². The molecule has 0 aliphatic rings. The lowest BCUT2D eigenvalue weighted by Gasteiger charge is -2.14. The molecule has 2 rings (SSSR count). The van der Waals surface area contributed by atoms with Gasteiger partial charge in [-0.3, -0.25) is 4.79 Å². The van der Waals surface area contributed by atoms with E-state index in [2.05, 4.69) is 5.32 Å². The molecule has 22 heavy (non-hydrogen) atoms.